The topological polar surface area (TPSA) is 84.5 Å². The Balaban J connectivity index is 1.70. The predicted molar refractivity (Wildman–Crippen MR) is 142 cm³/mol. The number of aryl methyl sites for hydroxylation is 1. The maximum absolute atomic E-state index is 12.4. The van der Waals surface area contributed by atoms with Gasteiger partial charge in [-0.05, 0) is 55.7 Å². The molecule has 2 N–H and O–H groups in total. The van der Waals surface area contributed by atoms with Gasteiger partial charge in [-0.15, -0.1) is 0 Å². The number of hydrogen-bond donors (Lipinski definition) is 2. The molecule has 2 amide bonds. The minimum Gasteiger partial charge on any atom is -0.452 e. The Kier molecular flexibility index (Phi) is 12.6. The molecule has 0 aliphatic rings. The molecule has 0 aliphatic heterocycles. The van der Waals surface area contributed by atoms with Crippen molar-refractivity contribution in [3.63, 3.8) is 0 Å². The number of carbonyl (C=O) groups excluding carboxylic acids is 3. The zero-order valence-electron chi connectivity index (χ0n) is 21.5. The van der Waals surface area contributed by atoms with Crippen molar-refractivity contribution in [2.75, 3.05) is 17.2 Å². The molecule has 0 spiro atoms. The van der Waals surface area contributed by atoms with Gasteiger partial charge in [0.25, 0.3) is 5.91 Å². The summed E-state index contributed by atoms with van der Waals surface area (Å²) in [5.41, 5.74) is 3.56. The maximum Gasteiger partial charge on any atom is 0.338 e. The Hall–Kier alpha value is -3.15. The lowest BCUT2D eigenvalue weighted by Gasteiger charge is -2.11. The van der Waals surface area contributed by atoms with Gasteiger partial charge >= 0.3 is 5.97 Å². The number of unbranched alkanes of at least 4 members (excludes halogenated alkanes) is 8. The van der Waals surface area contributed by atoms with Gasteiger partial charge in [-0.3, -0.25) is 9.59 Å². The molecule has 190 valence electrons. The van der Waals surface area contributed by atoms with E-state index < -0.39 is 11.9 Å². The summed E-state index contributed by atoms with van der Waals surface area (Å²) in [5.74, 6) is -1.08. The van der Waals surface area contributed by atoms with Gasteiger partial charge in [-0.25, -0.2) is 4.79 Å². The summed E-state index contributed by atoms with van der Waals surface area (Å²) >= 11 is 0. The number of nitrogens with one attached hydrogen (secondary N) is 2. The van der Waals surface area contributed by atoms with Crippen molar-refractivity contribution in [3.05, 3.63) is 59.2 Å². The van der Waals surface area contributed by atoms with E-state index in [1.54, 1.807) is 24.3 Å². The number of hydrogen-bond acceptors (Lipinski definition) is 4. The molecule has 2 rings (SSSR count). The van der Waals surface area contributed by atoms with Crippen molar-refractivity contribution in [2.24, 2.45) is 0 Å². The highest BCUT2D eigenvalue weighted by molar-refractivity contribution is 5.97. The second kappa shape index (κ2) is 15.7. The van der Waals surface area contributed by atoms with Crippen LogP contribution in [0.25, 0.3) is 0 Å². The zero-order valence-corrected chi connectivity index (χ0v) is 21.5. The van der Waals surface area contributed by atoms with Crippen LogP contribution in [-0.2, 0) is 14.3 Å². The van der Waals surface area contributed by atoms with E-state index in [1.807, 2.05) is 32.0 Å². The molecule has 6 heteroatoms. The largest absolute Gasteiger partial charge is 0.452 e. The second-order valence-corrected chi connectivity index (χ2v) is 9.08. The van der Waals surface area contributed by atoms with Crippen molar-refractivity contribution in [1.82, 2.24) is 0 Å². The number of amides is 2. The van der Waals surface area contributed by atoms with Gasteiger partial charge in [0.15, 0.2) is 6.61 Å². The second-order valence-electron chi connectivity index (χ2n) is 9.08. The van der Waals surface area contributed by atoms with Crippen LogP contribution in [0.5, 0.6) is 0 Å². The number of rotatable bonds is 15. The summed E-state index contributed by atoms with van der Waals surface area (Å²) in [6, 6.07) is 12.2. The van der Waals surface area contributed by atoms with Crippen molar-refractivity contribution < 1.29 is 19.1 Å². The van der Waals surface area contributed by atoms with E-state index >= 15 is 0 Å². The molecule has 0 saturated carbocycles. The quantitative estimate of drug-likeness (QED) is 0.213. The number of carbonyl (C=O) groups is 3. The minimum atomic E-state index is -0.615. The monoisotopic (exact) mass is 480 g/mol. The van der Waals surface area contributed by atoms with Crippen LogP contribution in [0, 0.1) is 13.8 Å². The molecule has 0 atom stereocenters. The van der Waals surface area contributed by atoms with Crippen molar-refractivity contribution in [3.8, 4) is 0 Å². The van der Waals surface area contributed by atoms with E-state index in [0.29, 0.717) is 17.8 Å². The number of ether oxygens (including phenoxy) is 1. The Morgan fingerprint density at radius 2 is 1.43 bits per heavy atom. The summed E-state index contributed by atoms with van der Waals surface area (Å²) in [6.45, 7) is 5.73. The lowest BCUT2D eigenvalue weighted by molar-refractivity contribution is -0.119. The lowest BCUT2D eigenvalue weighted by atomic mass is 10.1. The molecule has 35 heavy (non-hydrogen) atoms. The highest BCUT2D eigenvalue weighted by Gasteiger charge is 2.13. The van der Waals surface area contributed by atoms with Crippen molar-refractivity contribution in [2.45, 2.75) is 85.0 Å². The molecule has 0 unspecified atom stereocenters. The Bertz CT molecular complexity index is 971. The fraction of sp³-hybridized carbons (Fsp3) is 0.483. The molecule has 0 fully saturated rings. The molecule has 2 aromatic rings. The number of esters is 1. The van der Waals surface area contributed by atoms with Gasteiger partial charge in [-0.1, -0.05) is 76.5 Å². The van der Waals surface area contributed by atoms with Crippen LogP contribution in [0.15, 0.2) is 42.5 Å². The van der Waals surface area contributed by atoms with Gasteiger partial charge < -0.3 is 15.4 Å². The first kappa shape index (κ1) is 28.1. The first-order chi connectivity index (χ1) is 16.9. The molecule has 0 heterocycles. The summed E-state index contributed by atoms with van der Waals surface area (Å²) < 4.78 is 5.16. The van der Waals surface area contributed by atoms with Crippen LogP contribution in [0.3, 0.4) is 0 Å². The average molecular weight is 481 g/mol. The van der Waals surface area contributed by atoms with Gasteiger partial charge in [0.05, 0.1) is 5.56 Å². The van der Waals surface area contributed by atoms with Crippen LogP contribution in [-0.4, -0.2) is 24.4 Å². The Morgan fingerprint density at radius 1 is 0.771 bits per heavy atom. The standard InChI is InChI=1S/C29H40N2O4/c1-4-5-6-7-8-9-10-11-12-19-27(32)30-25-17-14-16-24(20-25)29(34)35-21-28(33)31-26-18-13-15-22(2)23(26)3/h13-18,20H,4-12,19,21H2,1-3H3,(H,30,32)(H,31,33). The predicted octanol–water partition coefficient (Wildman–Crippen LogP) is 6.96. The molecular formula is C29H40N2O4. The third-order valence-corrected chi connectivity index (χ3v) is 6.10. The van der Waals surface area contributed by atoms with Crippen LogP contribution in [0.1, 0.15) is 92.6 Å². The SMILES string of the molecule is CCCCCCCCCCCC(=O)Nc1cccc(C(=O)OCC(=O)Nc2cccc(C)c2C)c1. The highest BCUT2D eigenvalue weighted by Crippen LogP contribution is 2.18. The van der Waals surface area contributed by atoms with E-state index in [4.69, 9.17) is 4.74 Å². The van der Waals surface area contributed by atoms with E-state index in [2.05, 4.69) is 17.6 Å². The van der Waals surface area contributed by atoms with Crippen molar-refractivity contribution in [1.29, 1.82) is 0 Å². The molecule has 0 saturated heterocycles. The first-order valence-electron chi connectivity index (χ1n) is 12.8. The van der Waals surface area contributed by atoms with E-state index in [0.717, 1.165) is 30.4 Å². The van der Waals surface area contributed by atoms with Crippen LogP contribution in [0.2, 0.25) is 0 Å². The first-order valence-corrected chi connectivity index (χ1v) is 12.8. The molecule has 0 aliphatic carbocycles. The summed E-state index contributed by atoms with van der Waals surface area (Å²) in [6.07, 6.45) is 11.3. The summed E-state index contributed by atoms with van der Waals surface area (Å²) in [5, 5.41) is 5.61. The number of benzene rings is 2. The molecule has 2 aromatic carbocycles. The van der Waals surface area contributed by atoms with Crippen LogP contribution in [0.4, 0.5) is 11.4 Å². The maximum atomic E-state index is 12.4. The normalized spacial score (nSPS) is 10.6. The Morgan fingerprint density at radius 3 is 2.14 bits per heavy atom. The molecule has 0 radical (unpaired) electrons. The molecule has 0 aromatic heterocycles. The zero-order chi connectivity index (χ0) is 25.5. The van der Waals surface area contributed by atoms with Gasteiger partial charge in [0.2, 0.25) is 5.91 Å². The lowest BCUT2D eigenvalue weighted by Crippen LogP contribution is -2.21. The third-order valence-electron chi connectivity index (χ3n) is 6.10. The molecule has 0 bridgehead atoms. The van der Waals surface area contributed by atoms with Crippen LogP contribution >= 0.6 is 0 Å². The fourth-order valence-electron chi connectivity index (χ4n) is 3.83. The molecule has 6 nitrogen and oxygen atoms in total. The van der Waals surface area contributed by atoms with Gasteiger partial charge in [0.1, 0.15) is 0 Å². The van der Waals surface area contributed by atoms with Gasteiger partial charge in [-0.2, -0.15) is 0 Å². The highest BCUT2D eigenvalue weighted by atomic mass is 16.5. The Labute approximate surface area is 209 Å². The fourth-order valence-corrected chi connectivity index (χ4v) is 3.83. The van der Waals surface area contributed by atoms with E-state index in [9.17, 15) is 14.4 Å². The average Bonchev–Trinajstić information content (AvgIpc) is 2.84. The van der Waals surface area contributed by atoms with Crippen molar-refractivity contribution >= 4 is 29.2 Å². The molecular weight excluding hydrogens is 440 g/mol. The van der Waals surface area contributed by atoms with Crippen LogP contribution < -0.4 is 10.6 Å². The summed E-state index contributed by atoms with van der Waals surface area (Å²) in [7, 11) is 0. The number of anilines is 2. The third kappa shape index (κ3) is 10.8. The summed E-state index contributed by atoms with van der Waals surface area (Å²) in [4.78, 5) is 36.9. The smallest absolute Gasteiger partial charge is 0.338 e. The van der Waals surface area contributed by atoms with E-state index in [-0.39, 0.29) is 18.1 Å². The van der Waals surface area contributed by atoms with Gasteiger partial charge in [0, 0.05) is 17.8 Å². The minimum absolute atomic E-state index is 0.0636. The van der Waals surface area contributed by atoms with E-state index in [1.165, 1.54) is 38.5 Å².